The Morgan fingerprint density at radius 3 is 2.76 bits per heavy atom. The number of nitrogens with two attached hydrogens (primary N) is 1. The summed E-state index contributed by atoms with van der Waals surface area (Å²) in [5.41, 5.74) is 5.38. The zero-order valence-electron chi connectivity index (χ0n) is 10.9. The lowest BCUT2D eigenvalue weighted by molar-refractivity contribution is 0.256. The highest BCUT2D eigenvalue weighted by Crippen LogP contribution is 2.34. The summed E-state index contributed by atoms with van der Waals surface area (Å²) in [6.07, 6.45) is 6.24. The summed E-state index contributed by atoms with van der Waals surface area (Å²) in [7, 11) is 0. The molecular formula is C13H24N4. The first kappa shape index (κ1) is 12.6. The molecule has 1 unspecified atom stereocenters. The molecule has 0 amide bonds. The zero-order valence-corrected chi connectivity index (χ0v) is 10.9. The van der Waals surface area contributed by atoms with Crippen molar-refractivity contribution in [3.63, 3.8) is 0 Å². The quantitative estimate of drug-likeness (QED) is 0.588. The van der Waals surface area contributed by atoms with Crippen molar-refractivity contribution in [2.24, 2.45) is 11.8 Å². The van der Waals surface area contributed by atoms with E-state index < -0.39 is 0 Å². The van der Waals surface area contributed by atoms with Gasteiger partial charge in [0, 0.05) is 6.54 Å². The van der Waals surface area contributed by atoms with E-state index in [0.717, 1.165) is 31.0 Å². The van der Waals surface area contributed by atoms with Gasteiger partial charge >= 0.3 is 0 Å². The number of nitrogens with one attached hydrogen (secondary N) is 1. The number of hydrogen-bond acceptors (Lipinski definition) is 3. The maximum atomic E-state index is 5.72. The van der Waals surface area contributed by atoms with Gasteiger partial charge in [-0.3, -0.25) is 16.0 Å². The van der Waals surface area contributed by atoms with Gasteiger partial charge < -0.3 is 0 Å². The highest BCUT2D eigenvalue weighted by Gasteiger charge is 2.24. The molecule has 1 aromatic rings. The van der Waals surface area contributed by atoms with Crippen LogP contribution < -0.4 is 11.3 Å². The van der Waals surface area contributed by atoms with Crippen molar-refractivity contribution < 1.29 is 0 Å². The third-order valence-electron chi connectivity index (χ3n) is 3.88. The molecule has 96 valence electrons. The average Bonchev–Trinajstić information content (AvgIpc) is 2.71. The standard InChI is InChI=1S/C13H24N4/c1-3-11-9-13(17(4-2)16-11)12(15-14)8-10-6-5-7-10/h9-10,12,15H,3-8,14H2,1-2H3. The zero-order chi connectivity index (χ0) is 12.3. The number of hydrogen-bond donors (Lipinski definition) is 2. The lowest BCUT2D eigenvalue weighted by Gasteiger charge is -2.29. The minimum absolute atomic E-state index is 0.257. The monoisotopic (exact) mass is 236 g/mol. The van der Waals surface area contributed by atoms with Crippen LogP contribution in [0.4, 0.5) is 0 Å². The normalized spacial score (nSPS) is 18.1. The van der Waals surface area contributed by atoms with E-state index in [1.54, 1.807) is 0 Å². The number of rotatable bonds is 6. The van der Waals surface area contributed by atoms with E-state index in [1.807, 2.05) is 0 Å². The molecule has 3 N–H and O–H groups in total. The molecule has 1 aliphatic carbocycles. The Bertz CT molecular complexity index is 354. The molecule has 1 aromatic heterocycles. The molecule has 0 bridgehead atoms. The van der Waals surface area contributed by atoms with Crippen molar-refractivity contribution in [3.05, 3.63) is 17.5 Å². The van der Waals surface area contributed by atoms with Gasteiger partial charge in [0.05, 0.1) is 17.4 Å². The Hall–Kier alpha value is -0.870. The summed E-state index contributed by atoms with van der Waals surface area (Å²) in [6, 6.07) is 2.46. The van der Waals surface area contributed by atoms with Crippen LogP contribution in [0.15, 0.2) is 6.07 Å². The van der Waals surface area contributed by atoms with Crippen LogP contribution in [0, 0.1) is 5.92 Å². The molecule has 0 radical (unpaired) electrons. The second-order valence-corrected chi connectivity index (χ2v) is 4.98. The smallest absolute Gasteiger partial charge is 0.0631 e. The van der Waals surface area contributed by atoms with Crippen LogP contribution in [-0.2, 0) is 13.0 Å². The fourth-order valence-electron chi connectivity index (χ4n) is 2.53. The van der Waals surface area contributed by atoms with Crippen molar-refractivity contribution in [2.75, 3.05) is 0 Å². The molecule has 0 saturated heterocycles. The van der Waals surface area contributed by atoms with Gasteiger partial charge in [-0.25, -0.2) is 0 Å². The van der Waals surface area contributed by atoms with E-state index >= 15 is 0 Å². The first-order valence-corrected chi connectivity index (χ1v) is 6.81. The van der Waals surface area contributed by atoms with Gasteiger partial charge in [0.15, 0.2) is 0 Å². The van der Waals surface area contributed by atoms with E-state index in [0.29, 0.717) is 0 Å². The SMILES string of the molecule is CCc1cc(C(CC2CCC2)NN)n(CC)n1. The Morgan fingerprint density at radius 2 is 2.29 bits per heavy atom. The fraction of sp³-hybridized carbons (Fsp3) is 0.769. The van der Waals surface area contributed by atoms with Crippen molar-refractivity contribution in [3.8, 4) is 0 Å². The number of hydrazine groups is 1. The van der Waals surface area contributed by atoms with Crippen LogP contribution in [0.1, 0.15) is 57.0 Å². The van der Waals surface area contributed by atoms with E-state index in [2.05, 4.69) is 35.1 Å². The van der Waals surface area contributed by atoms with Gasteiger partial charge in [0.1, 0.15) is 0 Å². The van der Waals surface area contributed by atoms with Gasteiger partial charge in [-0.15, -0.1) is 0 Å². The van der Waals surface area contributed by atoms with Crippen molar-refractivity contribution in [1.82, 2.24) is 15.2 Å². The summed E-state index contributed by atoms with van der Waals surface area (Å²) < 4.78 is 2.09. The largest absolute Gasteiger partial charge is 0.271 e. The molecule has 1 heterocycles. The van der Waals surface area contributed by atoms with Crippen molar-refractivity contribution in [2.45, 2.75) is 58.5 Å². The molecular weight excluding hydrogens is 212 g/mol. The first-order valence-electron chi connectivity index (χ1n) is 6.81. The molecule has 0 aliphatic heterocycles. The van der Waals surface area contributed by atoms with Crippen LogP contribution in [0.5, 0.6) is 0 Å². The average molecular weight is 236 g/mol. The summed E-state index contributed by atoms with van der Waals surface area (Å²) in [5, 5.41) is 4.59. The molecule has 1 atom stereocenters. The van der Waals surface area contributed by atoms with Crippen molar-refractivity contribution >= 4 is 0 Å². The Morgan fingerprint density at radius 1 is 1.53 bits per heavy atom. The summed E-state index contributed by atoms with van der Waals surface area (Å²) >= 11 is 0. The second kappa shape index (κ2) is 5.65. The summed E-state index contributed by atoms with van der Waals surface area (Å²) in [5.74, 6) is 6.56. The first-order chi connectivity index (χ1) is 8.28. The van der Waals surface area contributed by atoms with Gasteiger partial charge in [0.25, 0.3) is 0 Å². The van der Waals surface area contributed by atoms with Crippen LogP contribution >= 0.6 is 0 Å². The molecule has 1 saturated carbocycles. The Balaban J connectivity index is 2.12. The van der Waals surface area contributed by atoms with Crippen LogP contribution in [0.2, 0.25) is 0 Å². The number of nitrogens with zero attached hydrogens (tertiary/aromatic N) is 2. The second-order valence-electron chi connectivity index (χ2n) is 4.98. The Labute approximate surface area is 104 Å². The highest BCUT2D eigenvalue weighted by molar-refractivity contribution is 5.14. The van der Waals surface area contributed by atoms with Gasteiger partial charge in [0.2, 0.25) is 0 Å². The minimum atomic E-state index is 0.257. The lowest BCUT2D eigenvalue weighted by atomic mass is 9.80. The predicted octanol–water partition coefficient (Wildman–Crippen LogP) is 2.16. The van der Waals surface area contributed by atoms with E-state index in [-0.39, 0.29) is 6.04 Å². The maximum absolute atomic E-state index is 5.72. The summed E-state index contributed by atoms with van der Waals surface area (Å²) in [4.78, 5) is 0. The van der Waals surface area contributed by atoms with Gasteiger partial charge in [-0.2, -0.15) is 5.10 Å². The fourth-order valence-corrected chi connectivity index (χ4v) is 2.53. The lowest BCUT2D eigenvalue weighted by Crippen LogP contribution is -2.32. The number of aryl methyl sites for hydroxylation is 2. The van der Waals surface area contributed by atoms with Crippen LogP contribution in [-0.4, -0.2) is 9.78 Å². The van der Waals surface area contributed by atoms with Crippen LogP contribution in [0.25, 0.3) is 0 Å². The molecule has 0 aromatic carbocycles. The van der Waals surface area contributed by atoms with E-state index in [9.17, 15) is 0 Å². The molecule has 4 nitrogen and oxygen atoms in total. The third-order valence-corrected chi connectivity index (χ3v) is 3.88. The molecule has 17 heavy (non-hydrogen) atoms. The molecule has 4 heteroatoms. The van der Waals surface area contributed by atoms with E-state index in [1.165, 1.54) is 25.0 Å². The predicted molar refractivity (Wildman–Crippen MR) is 69.3 cm³/mol. The van der Waals surface area contributed by atoms with Gasteiger partial charge in [-0.1, -0.05) is 26.2 Å². The topological polar surface area (TPSA) is 55.9 Å². The molecule has 2 rings (SSSR count). The molecule has 1 aliphatic rings. The highest BCUT2D eigenvalue weighted by atomic mass is 15.3. The number of aromatic nitrogens is 2. The van der Waals surface area contributed by atoms with Gasteiger partial charge in [-0.05, 0) is 31.7 Å². The molecule has 1 fully saturated rings. The maximum Gasteiger partial charge on any atom is 0.0631 e. The van der Waals surface area contributed by atoms with Crippen LogP contribution in [0.3, 0.4) is 0 Å². The summed E-state index contributed by atoms with van der Waals surface area (Å²) in [6.45, 7) is 5.19. The molecule has 0 spiro atoms. The Kier molecular flexibility index (Phi) is 4.18. The van der Waals surface area contributed by atoms with E-state index in [4.69, 9.17) is 5.84 Å². The minimum Gasteiger partial charge on any atom is -0.271 e. The third kappa shape index (κ3) is 2.69. The van der Waals surface area contributed by atoms with Crippen molar-refractivity contribution in [1.29, 1.82) is 0 Å².